The van der Waals surface area contributed by atoms with E-state index < -0.39 is 26.6 Å². The van der Waals surface area contributed by atoms with E-state index in [9.17, 15) is 18.7 Å². The van der Waals surface area contributed by atoms with Crippen LogP contribution in [0.3, 0.4) is 0 Å². The molecule has 0 aliphatic carbocycles. The Morgan fingerprint density at radius 2 is 1.72 bits per heavy atom. The molecule has 0 aliphatic heterocycles. The van der Waals surface area contributed by atoms with Gasteiger partial charge >= 0.3 is 21.0 Å². The molecule has 0 radical (unpaired) electrons. The molecule has 0 fully saturated rings. The Kier molecular flexibility index (Phi) is 8.21. The summed E-state index contributed by atoms with van der Waals surface area (Å²) in [5, 5.41) is 0. The maximum Gasteiger partial charge on any atom is 0.446 e. The molecule has 0 aliphatic rings. The lowest BCUT2D eigenvalue weighted by Gasteiger charge is -2.18. The van der Waals surface area contributed by atoms with Crippen LogP contribution < -0.4 is 11.2 Å². The van der Waals surface area contributed by atoms with Crippen molar-refractivity contribution >= 4 is 15.3 Å². The van der Waals surface area contributed by atoms with Crippen LogP contribution in [0.25, 0.3) is 0 Å². The average Bonchev–Trinajstić information content (AvgIpc) is 2.48. The predicted octanol–water partition coefficient (Wildman–Crippen LogP) is 1.16. The fraction of sp³-hybridized carbons (Fsp3) is 0.538. The van der Waals surface area contributed by atoms with E-state index in [0.29, 0.717) is 4.34 Å². The van der Waals surface area contributed by atoms with Crippen LogP contribution in [0.2, 0.25) is 0 Å². The van der Waals surface area contributed by atoms with E-state index in [1.807, 2.05) is 0 Å². The van der Waals surface area contributed by atoms with Crippen LogP contribution in [0.15, 0.2) is 34.0 Å². The summed E-state index contributed by atoms with van der Waals surface area (Å²) in [7, 11) is -8.17. The van der Waals surface area contributed by atoms with Gasteiger partial charge in [0.1, 0.15) is 0 Å². The van der Waals surface area contributed by atoms with Crippen LogP contribution in [-0.4, -0.2) is 38.1 Å². The third-order valence-corrected chi connectivity index (χ3v) is 5.79. The van der Waals surface area contributed by atoms with Gasteiger partial charge in [-0.3, -0.25) is 23.0 Å². The van der Waals surface area contributed by atoms with Gasteiger partial charge in [0.25, 0.3) is 5.56 Å². The Labute approximate surface area is 144 Å². The Bertz CT molecular complexity index is 797. The topological polar surface area (TPSA) is 137 Å². The van der Waals surface area contributed by atoms with Gasteiger partial charge in [-0.2, -0.15) is 4.34 Å². The normalized spacial score (nSPS) is 12.8. The van der Waals surface area contributed by atoms with Crippen LogP contribution in [-0.2, 0) is 24.7 Å². The lowest BCUT2D eigenvalue weighted by Crippen LogP contribution is -2.38. The van der Waals surface area contributed by atoms with E-state index in [4.69, 9.17) is 18.8 Å². The van der Waals surface area contributed by atoms with Crippen LogP contribution in [0.4, 0.5) is 0 Å². The number of hydrogen-bond acceptors (Lipinski definition) is 6. The molecule has 0 atom stereocenters. The summed E-state index contributed by atoms with van der Waals surface area (Å²) in [6.07, 6.45) is 4.08. The summed E-state index contributed by atoms with van der Waals surface area (Å²) in [5.74, 6) is 0. The highest BCUT2D eigenvalue weighted by Gasteiger charge is 2.31. The van der Waals surface area contributed by atoms with Crippen molar-refractivity contribution in [1.29, 1.82) is 0 Å². The second-order valence-electron chi connectivity index (χ2n) is 4.85. The van der Waals surface area contributed by atoms with Gasteiger partial charge in [0.15, 0.2) is 0 Å². The summed E-state index contributed by atoms with van der Waals surface area (Å²) in [6, 6.07) is 1.07. The largest absolute Gasteiger partial charge is 0.446 e. The number of aromatic nitrogens is 2. The number of hydrogen-bond donors (Lipinski definition) is 2. The molecular weight excluding hydrogens is 374 g/mol. The van der Waals surface area contributed by atoms with Crippen molar-refractivity contribution in [3.63, 3.8) is 0 Å². The molecule has 0 spiro atoms. The highest BCUT2D eigenvalue weighted by atomic mass is 31.2. The minimum absolute atomic E-state index is 0.0136. The zero-order valence-electron chi connectivity index (χ0n) is 14.0. The van der Waals surface area contributed by atoms with Crippen molar-refractivity contribution < 1.29 is 28.0 Å². The summed E-state index contributed by atoms with van der Waals surface area (Å²) in [5.41, 5.74) is -1.67. The van der Waals surface area contributed by atoms with Gasteiger partial charge < -0.3 is 9.79 Å². The molecule has 0 amide bonds. The lowest BCUT2D eigenvalue weighted by molar-refractivity contribution is 0.210. The molecule has 25 heavy (non-hydrogen) atoms. The molecule has 0 bridgehead atoms. The summed E-state index contributed by atoms with van der Waals surface area (Å²) in [4.78, 5) is 42.0. The summed E-state index contributed by atoms with van der Waals surface area (Å²) >= 11 is 0. The first kappa shape index (κ1) is 21.8. The van der Waals surface area contributed by atoms with Crippen LogP contribution in [0.1, 0.15) is 20.3 Å². The zero-order chi connectivity index (χ0) is 19.1. The minimum Gasteiger partial charge on any atom is -0.324 e. The van der Waals surface area contributed by atoms with E-state index in [-0.39, 0.29) is 32.3 Å². The molecule has 0 unspecified atom stereocenters. The van der Waals surface area contributed by atoms with E-state index in [0.717, 1.165) is 10.6 Å². The molecule has 0 aromatic carbocycles. The molecule has 1 aromatic heterocycles. The molecular formula is C13H22N2O8P2. The monoisotopic (exact) mass is 396 g/mol. The van der Waals surface area contributed by atoms with Crippen molar-refractivity contribution in [3.8, 4) is 0 Å². The zero-order valence-corrected chi connectivity index (χ0v) is 15.8. The second-order valence-corrected chi connectivity index (χ2v) is 8.48. The quantitative estimate of drug-likeness (QED) is 0.444. The van der Waals surface area contributed by atoms with Crippen LogP contribution in [0, 0.1) is 0 Å². The van der Waals surface area contributed by atoms with Crippen molar-refractivity contribution in [2.24, 2.45) is 0 Å². The molecule has 1 rings (SSSR count). The Balaban J connectivity index is 3.08. The number of allylic oxidation sites excluding steroid dienone is 2. The average molecular weight is 396 g/mol. The molecule has 12 heteroatoms. The van der Waals surface area contributed by atoms with Gasteiger partial charge in [-0.05, 0) is 20.3 Å². The van der Waals surface area contributed by atoms with Gasteiger partial charge in [0.2, 0.25) is 0 Å². The van der Waals surface area contributed by atoms with Crippen molar-refractivity contribution in [1.82, 2.24) is 8.90 Å². The van der Waals surface area contributed by atoms with E-state index >= 15 is 0 Å². The molecule has 1 aromatic rings. The Morgan fingerprint density at radius 1 is 1.12 bits per heavy atom. The van der Waals surface area contributed by atoms with E-state index in [1.165, 1.54) is 18.3 Å². The first-order valence-electron chi connectivity index (χ1n) is 7.56. The predicted molar refractivity (Wildman–Crippen MR) is 91.9 cm³/mol. The molecule has 0 saturated carbocycles. The smallest absolute Gasteiger partial charge is 0.324 e. The van der Waals surface area contributed by atoms with Gasteiger partial charge in [-0.25, -0.2) is 9.36 Å². The number of rotatable bonds is 10. The van der Waals surface area contributed by atoms with Gasteiger partial charge in [0.05, 0.1) is 19.4 Å². The Morgan fingerprint density at radius 3 is 2.24 bits per heavy atom. The molecule has 0 saturated heterocycles. The van der Waals surface area contributed by atoms with Crippen molar-refractivity contribution in [2.45, 2.75) is 26.8 Å². The van der Waals surface area contributed by atoms with E-state index in [2.05, 4.69) is 0 Å². The van der Waals surface area contributed by atoms with E-state index in [1.54, 1.807) is 13.8 Å². The fourth-order valence-corrected chi connectivity index (χ4v) is 3.97. The third kappa shape index (κ3) is 6.51. The number of nitrogens with zero attached hydrogens (tertiary/aromatic N) is 2. The maximum absolute atomic E-state index is 12.7. The molecule has 2 N–H and O–H groups in total. The molecule has 10 nitrogen and oxygen atoms in total. The van der Waals surface area contributed by atoms with Crippen LogP contribution in [0.5, 0.6) is 0 Å². The first-order chi connectivity index (χ1) is 11.6. The fourth-order valence-electron chi connectivity index (χ4n) is 1.90. The SMILES string of the molecule is CCOP(=O)(OCC)n1c(=O)ccn(C/C=C/CCP(=O)(O)O)c1=O. The van der Waals surface area contributed by atoms with Gasteiger partial charge in [-0.15, -0.1) is 0 Å². The van der Waals surface area contributed by atoms with Crippen molar-refractivity contribution in [2.75, 3.05) is 19.4 Å². The van der Waals surface area contributed by atoms with Crippen LogP contribution >= 0.6 is 15.3 Å². The summed E-state index contributed by atoms with van der Waals surface area (Å²) < 4.78 is 35.1. The van der Waals surface area contributed by atoms with Gasteiger partial charge in [-0.1, -0.05) is 12.2 Å². The maximum atomic E-state index is 12.7. The lowest BCUT2D eigenvalue weighted by atomic mass is 10.4. The molecule has 1 heterocycles. The standard InChI is InChI=1S/C13H22N2O8P2/c1-3-22-25(21,23-4-2)15-12(16)8-10-14(13(15)17)9-6-5-7-11-24(18,19)20/h5-6,8,10H,3-4,7,9,11H2,1-2H3,(H2,18,19,20)/b6-5+. The molecule has 142 valence electrons. The highest BCUT2D eigenvalue weighted by Crippen LogP contribution is 2.46. The van der Waals surface area contributed by atoms with Crippen molar-refractivity contribution in [3.05, 3.63) is 45.3 Å². The summed E-state index contributed by atoms with van der Waals surface area (Å²) in [6.45, 7) is 3.11. The minimum atomic E-state index is -4.10. The second kappa shape index (κ2) is 9.43. The highest BCUT2D eigenvalue weighted by molar-refractivity contribution is 7.52. The third-order valence-electron chi connectivity index (χ3n) is 2.92. The first-order valence-corrected chi connectivity index (χ1v) is 10.9. The Hall–Kier alpha value is -1.28. The van der Waals surface area contributed by atoms with Gasteiger partial charge in [0, 0.05) is 18.8 Å².